The average Bonchev–Trinajstić information content (AvgIpc) is 2.32. The molecule has 2 fully saturated rings. The summed E-state index contributed by atoms with van der Waals surface area (Å²) in [6.45, 7) is 8.46. The first-order valence-electron chi connectivity index (χ1n) is 7.64. The Morgan fingerprint density at radius 1 is 1.18 bits per heavy atom. The van der Waals surface area contributed by atoms with Crippen molar-refractivity contribution in [3.63, 3.8) is 0 Å². The second kappa shape index (κ2) is 6.19. The quantitative estimate of drug-likeness (QED) is 0.787. The summed E-state index contributed by atoms with van der Waals surface area (Å²) in [6, 6.07) is 0.705. The summed E-state index contributed by atoms with van der Waals surface area (Å²) >= 11 is 0. The molecule has 2 nitrogen and oxygen atoms in total. The third-order valence-corrected chi connectivity index (χ3v) is 4.91. The molecule has 1 saturated heterocycles. The topological polar surface area (TPSA) is 24.1 Å². The van der Waals surface area contributed by atoms with Crippen LogP contribution in [0.2, 0.25) is 0 Å². The Bertz CT molecular complexity index is 221. The summed E-state index contributed by atoms with van der Waals surface area (Å²) in [5.74, 6) is 0.843. The van der Waals surface area contributed by atoms with E-state index >= 15 is 0 Å². The molecule has 2 rings (SSSR count). The normalized spacial score (nSPS) is 33.5. The van der Waals surface area contributed by atoms with Crippen LogP contribution < -0.4 is 10.6 Å². The first kappa shape index (κ1) is 13.4. The van der Waals surface area contributed by atoms with Crippen LogP contribution in [-0.4, -0.2) is 25.7 Å². The maximum atomic E-state index is 3.73. The summed E-state index contributed by atoms with van der Waals surface area (Å²) in [4.78, 5) is 0. The van der Waals surface area contributed by atoms with Crippen LogP contribution in [-0.2, 0) is 0 Å². The molecule has 2 aliphatic rings. The first-order valence-corrected chi connectivity index (χ1v) is 7.64. The van der Waals surface area contributed by atoms with E-state index in [0.717, 1.165) is 12.5 Å². The molecule has 0 amide bonds. The molecule has 0 aromatic heterocycles. The van der Waals surface area contributed by atoms with Crippen LogP contribution in [0.1, 0.15) is 58.8 Å². The van der Waals surface area contributed by atoms with Gasteiger partial charge >= 0.3 is 0 Å². The summed E-state index contributed by atoms with van der Waals surface area (Å²) in [5, 5.41) is 7.39. The van der Waals surface area contributed by atoms with Gasteiger partial charge in [0, 0.05) is 19.1 Å². The van der Waals surface area contributed by atoms with Gasteiger partial charge in [-0.2, -0.15) is 0 Å². The van der Waals surface area contributed by atoms with E-state index in [1.165, 1.54) is 58.0 Å². The van der Waals surface area contributed by atoms with Crippen molar-refractivity contribution in [2.24, 2.45) is 11.3 Å². The lowest BCUT2D eigenvalue weighted by molar-refractivity contribution is 0.198. The van der Waals surface area contributed by atoms with Crippen LogP contribution in [0.5, 0.6) is 0 Å². The van der Waals surface area contributed by atoms with Gasteiger partial charge < -0.3 is 10.6 Å². The van der Waals surface area contributed by atoms with E-state index in [1.807, 2.05) is 0 Å². The minimum absolute atomic E-state index is 0.580. The van der Waals surface area contributed by atoms with E-state index in [2.05, 4.69) is 24.5 Å². The van der Waals surface area contributed by atoms with E-state index < -0.39 is 0 Å². The van der Waals surface area contributed by atoms with Gasteiger partial charge in [0.05, 0.1) is 0 Å². The van der Waals surface area contributed by atoms with E-state index in [4.69, 9.17) is 0 Å². The third-order valence-electron chi connectivity index (χ3n) is 4.91. The fourth-order valence-electron chi connectivity index (χ4n) is 3.50. The molecule has 17 heavy (non-hydrogen) atoms. The van der Waals surface area contributed by atoms with Gasteiger partial charge in [0.15, 0.2) is 0 Å². The Hall–Kier alpha value is -0.0800. The fourth-order valence-corrected chi connectivity index (χ4v) is 3.50. The molecule has 2 unspecified atom stereocenters. The predicted octanol–water partition coefficient (Wildman–Crippen LogP) is 2.93. The van der Waals surface area contributed by atoms with Crippen molar-refractivity contribution < 1.29 is 0 Å². The fraction of sp³-hybridized carbons (Fsp3) is 1.00. The predicted molar refractivity (Wildman–Crippen MR) is 74.3 cm³/mol. The summed E-state index contributed by atoms with van der Waals surface area (Å²) in [5.41, 5.74) is 0.580. The Labute approximate surface area is 107 Å². The molecule has 1 aliphatic carbocycles. The highest BCUT2D eigenvalue weighted by molar-refractivity contribution is 4.84. The maximum absolute atomic E-state index is 3.73. The van der Waals surface area contributed by atoms with Gasteiger partial charge in [0.1, 0.15) is 0 Å². The van der Waals surface area contributed by atoms with Crippen molar-refractivity contribution in [2.45, 2.75) is 64.8 Å². The van der Waals surface area contributed by atoms with E-state index in [1.54, 1.807) is 0 Å². The van der Waals surface area contributed by atoms with E-state index in [-0.39, 0.29) is 0 Å². The number of nitrogens with one attached hydrogen (secondary N) is 2. The molecular weight excluding hydrogens is 208 g/mol. The lowest BCUT2D eigenvalue weighted by Crippen LogP contribution is -2.48. The van der Waals surface area contributed by atoms with Gasteiger partial charge in [-0.25, -0.2) is 0 Å². The molecule has 2 N–H and O–H groups in total. The SMILES string of the molecule is CC1CCCNC1CNCC1(C)CCCCC1. The molecule has 0 aromatic carbocycles. The monoisotopic (exact) mass is 238 g/mol. The van der Waals surface area contributed by atoms with Crippen LogP contribution in [0, 0.1) is 11.3 Å². The van der Waals surface area contributed by atoms with Crippen molar-refractivity contribution in [3.05, 3.63) is 0 Å². The molecule has 1 aliphatic heterocycles. The largest absolute Gasteiger partial charge is 0.315 e. The minimum Gasteiger partial charge on any atom is -0.315 e. The zero-order valence-electron chi connectivity index (χ0n) is 11.7. The molecule has 1 heterocycles. The van der Waals surface area contributed by atoms with Crippen LogP contribution in [0.15, 0.2) is 0 Å². The highest BCUT2D eigenvalue weighted by atomic mass is 15.0. The van der Waals surface area contributed by atoms with Gasteiger partial charge in [0.25, 0.3) is 0 Å². The van der Waals surface area contributed by atoms with Crippen LogP contribution >= 0.6 is 0 Å². The number of rotatable bonds is 4. The zero-order valence-corrected chi connectivity index (χ0v) is 11.7. The minimum atomic E-state index is 0.580. The molecule has 0 radical (unpaired) electrons. The van der Waals surface area contributed by atoms with Crippen molar-refractivity contribution in [1.82, 2.24) is 10.6 Å². The molecular formula is C15H30N2. The van der Waals surface area contributed by atoms with Gasteiger partial charge in [-0.05, 0) is 43.6 Å². The Kier molecular flexibility index (Phi) is 4.87. The number of piperidine rings is 1. The van der Waals surface area contributed by atoms with Gasteiger partial charge in [0.2, 0.25) is 0 Å². The third kappa shape index (κ3) is 3.96. The van der Waals surface area contributed by atoms with Crippen LogP contribution in [0.25, 0.3) is 0 Å². The Balaban J connectivity index is 1.67. The number of hydrogen-bond donors (Lipinski definition) is 2. The molecule has 0 bridgehead atoms. The molecule has 2 heteroatoms. The van der Waals surface area contributed by atoms with Gasteiger partial charge in [-0.3, -0.25) is 0 Å². The molecule has 0 spiro atoms. The number of hydrogen-bond acceptors (Lipinski definition) is 2. The van der Waals surface area contributed by atoms with E-state index in [9.17, 15) is 0 Å². The van der Waals surface area contributed by atoms with Crippen molar-refractivity contribution >= 4 is 0 Å². The summed E-state index contributed by atoms with van der Waals surface area (Å²) in [6.07, 6.45) is 9.94. The van der Waals surface area contributed by atoms with Gasteiger partial charge in [-0.15, -0.1) is 0 Å². The van der Waals surface area contributed by atoms with Crippen molar-refractivity contribution in [1.29, 1.82) is 0 Å². The van der Waals surface area contributed by atoms with Gasteiger partial charge in [-0.1, -0.05) is 33.1 Å². The molecule has 2 atom stereocenters. The Morgan fingerprint density at radius 3 is 2.65 bits per heavy atom. The second-order valence-corrected chi connectivity index (χ2v) is 6.68. The molecule has 0 aromatic rings. The van der Waals surface area contributed by atoms with Crippen molar-refractivity contribution in [2.75, 3.05) is 19.6 Å². The van der Waals surface area contributed by atoms with Crippen molar-refractivity contribution in [3.8, 4) is 0 Å². The summed E-state index contributed by atoms with van der Waals surface area (Å²) < 4.78 is 0. The summed E-state index contributed by atoms with van der Waals surface area (Å²) in [7, 11) is 0. The smallest absolute Gasteiger partial charge is 0.0218 e. The molecule has 1 saturated carbocycles. The van der Waals surface area contributed by atoms with E-state index in [0.29, 0.717) is 11.5 Å². The maximum Gasteiger partial charge on any atom is 0.0218 e. The lowest BCUT2D eigenvalue weighted by atomic mass is 9.75. The van der Waals surface area contributed by atoms with Crippen LogP contribution in [0.3, 0.4) is 0 Å². The highest BCUT2D eigenvalue weighted by Crippen LogP contribution is 2.34. The first-order chi connectivity index (χ1) is 8.20. The highest BCUT2D eigenvalue weighted by Gasteiger charge is 2.27. The zero-order chi connectivity index (χ0) is 12.1. The van der Waals surface area contributed by atoms with Crippen LogP contribution in [0.4, 0.5) is 0 Å². The standard InChI is InChI=1S/C15H30N2/c1-13-7-6-10-17-14(13)11-16-12-15(2)8-4-3-5-9-15/h13-14,16-17H,3-12H2,1-2H3. The Morgan fingerprint density at radius 2 is 1.94 bits per heavy atom. The molecule has 100 valence electrons. The average molecular weight is 238 g/mol. The lowest BCUT2D eigenvalue weighted by Gasteiger charge is -2.36. The second-order valence-electron chi connectivity index (χ2n) is 6.68.